The molecule has 46 heavy (non-hydrogen) atoms. The zero-order valence-corrected chi connectivity index (χ0v) is 25.5. The quantitative estimate of drug-likeness (QED) is 0.146. The summed E-state index contributed by atoms with van der Waals surface area (Å²) in [6, 6.07) is 3.93. The molecule has 3 aromatic heterocycles. The van der Waals surface area contributed by atoms with Gasteiger partial charge in [-0.05, 0) is 43.4 Å². The minimum atomic E-state index is -4.31. The van der Waals surface area contributed by atoms with Crippen molar-refractivity contribution < 1.29 is 36.3 Å². The molecular weight excluding hydrogens is 662 g/mol. The van der Waals surface area contributed by atoms with Gasteiger partial charge in [0.1, 0.15) is 5.56 Å². The van der Waals surface area contributed by atoms with Crippen LogP contribution in [0.5, 0.6) is 5.88 Å². The summed E-state index contributed by atoms with van der Waals surface area (Å²) in [4.78, 5) is 41.0. The van der Waals surface area contributed by atoms with Gasteiger partial charge >= 0.3 is 6.18 Å². The minimum absolute atomic E-state index is 0.000248. The maximum Gasteiger partial charge on any atom is 0.391 e. The number of rotatable bonds is 10. The summed E-state index contributed by atoms with van der Waals surface area (Å²) in [5.41, 5.74) is 0.745. The highest BCUT2D eigenvalue weighted by atomic mass is 35.5. The van der Waals surface area contributed by atoms with Crippen molar-refractivity contribution in [2.75, 3.05) is 11.9 Å². The van der Waals surface area contributed by atoms with Gasteiger partial charge in [-0.15, -0.1) is 0 Å². The van der Waals surface area contributed by atoms with E-state index in [4.69, 9.17) is 27.9 Å². The third-order valence-corrected chi connectivity index (χ3v) is 8.18. The van der Waals surface area contributed by atoms with Gasteiger partial charge in [-0.1, -0.05) is 29.3 Å². The topological polar surface area (TPSA) is 139 Å². The number of hydrogen-bond donors (Lipinski definition) is 4. The van der Waals surface area contributed by atoms with Gasteiger partial charge < -0.3 is 30.2 Å². The molecule has 0 radical (unpaired) electrons. The summed E-state index contributed by atoms with van der Waals surface area (Å²) in [6.07, 6.45) is -4.13. The second-order valence-electron chi connectivity index (χ2n) is 10.6. The predicted octanol–water partition coefficient (Wildman–Crippen LogP) is 6.17. The number of aromatic nitrogens is 5. The third-order valence-electron chi connectivity index (χ3n) is 7.43. The van der Waals surface area contributed by atoms with E-state index in [9.17, 15) is 31.5 Å². The fraction of sp³-hybridized carbons (Fsp3) is 0.393. The van der Waals surface area contributed by atoms with Crippen molar-refractivity contribution in [2.24, 2.45) is 13.0 Å². The number of hydrogen-bond acceptors (Lipinski definition) is 7. The smallest absolute Gasteiger partial charge is 0.391 e. The molecule has 1 fully saturated rings. The van der Waals surface area contributed by atoms with Gasteiger partial charge in [-0.2, -0.15) is 23.1 Å². The molecule has 0 aliphatic heterocycles. The van der Waals surface area contributed by atoms with E-state index in [-0.39, 0.29) is 76.5 Å². The van der Waals surface area contributed by atoms with Crippen LogP contribution in [-0.2, 0) is 13.6 Å². The molecule has 246 valence electrons. The number of nitrogens with zero attached hydrogens (tertiary/aromatic N) is 4. The van der Waals surface area contributed by atoms with Crippen molar-refractivity contribution in [1.82, 2.24) is 35.1 Å². The molecule has 1 aliphatic rings. The fourth-order valence-corrected chi connectivity index (χ4v) is 5.56. The number of imidazole rings is 2. The summed E-state index contributed by atoms with van der Waals surface area (Å²) in [5.74, 6) is -2.75. The summed E-state index contributed by atoms with van der Waals surface area (Å²) < 4.78 is 71.8. The van der Waals surface area contributed by atoms with E-state index in [0.29, 0.717) is 5.56 Å². The van der Waals surface area contributed by atoms with Gasteiger partial charge in [0.15, 0.2) is 18.1 Å². The fourth-order valence-electron chi connectivity index (χ4n) is 5.03. The molecule has 0 bridgehead atoms. The molecule has 0 spiro atoms. The molecule has 0 saturated heterocycles. The lowest BCUT2D eigenvalue weighted by atomic mass is 9.85. The van der Waals surface area contributed by atoms with Crippen LogP contribution in [0, 0.1) is 5.92 Å². The Hall–Kier alpha value is -4.18. The van der Waals surface area contributed by atoms with Gasteiger partial charge in [0.2, 0.25) is 11.8 Å². The van der Waals surface area contributed by atoms with Crippen LogP contribution in [0.4, 0.5) is 33.6 Å². The number of benzene rings is 1. The molecule has 11 nitrogen and oxygen atoms in total. The van der Waals surface area contributed by atoms with E-state index >= 15 is 0 Å². The average Bonchev–Trinajstić information content (AvgIpc) is 3.61. The number of carbonyl (C=O) groups is 2. The van der Waals surface area contributed by atoms with Gasteiger partial charge in [-0.3, -0.25) is 9.59 Å². The van der Waals surface area contributed by atoms with Crippen LogP contribution in [0.15, 0.2) is 30.6 Å². The first kappa shape index (κ1) is 33.2. The van der Waals surface area contributed by atoms with E-state index in [1.807, 2.05) is 0 Å². The Bertz CT molecular complexity index is 1740. The number of aromatic amines is 1. The summed E-state index contributed by atoms with van der Waals surface area (Å²) in [5, 5.41) is 8.71. The normalized spacial score (nSPS) is 16.9. The second-order valence-corrected chi connectivity index (χ2v) is 11.4. The van der Waals surface area contributed by atoms with Gasteiger partial charge in [0, 0.05) is 32.0 Å². The van der Waals surface area contributed by atoms with Crippen LogP contribution in [0.3, 0.4) is 0 Å². The van der Waals surface area contributed by atoms with Crippen molar-refractivity contribution in [1.29, 1.82) is 0 Å². The number of carbonyl (C=O) groups excluding carboxylic acids is 2. The van der Waals surface area contributed by atoms with Crippen LogP contribution in [0.1, 0.15) is 52.2 Å². The SMILES string of the molecule is Cn1ccnc1C(=O)NCc1ccc(Cl)c(Nc2nc3nc(OCC(F)F)c(C(=O)NC4CCC(C(F)(F)F)CC4)cc3[nH]2)c1Cl. The Morgan fingerprint density at radius 1 is 1.13 bits per heavy atom. The number of amides is 2. The Morgan fingerprint density at radius 2 is 1.87 bits per heavy atom. The third kappa shape index (κ3) is 7.61. The molecule has 3 heterocycles. The highest BCUT2D eigenvalue weighted by Gasteiger charge is 2.41. The van der Waals surface area contributed by atoms with E-state index < -0.39 is 48.9 Å². The maximum atomic E-state index is 13.2. The van der Waals surface area contributed by atoms with Crippen LogP contribution in [0.2, 0.25) is 10.0 Å². The summed E-state index contributed by atoms with van der Waals surface area (Å²) in [6.45, 7) is -1.01. The van der Waals surface area contributed by atoms with E-state index in [2.05, 4.69) is 35.9 Å². The largest absolute Gasteiger partial charge is 0.471 e. The molecule has 0 unspecified atom stereocenters. The molecule has 1 aliphatic carbocycles. The molecule has 1 aromatic carbocycles. The van der Waals surface area contributed by atoms with E-state index in [1.165, 1.54) is 12.3 Å². The number of anilines is 2. The Kier molecular flexibility index (Phi) is 9.86. The molecule has 4 aromatic rings. The Balaban J connectivity index is 1.35. The second kappa shape index (κ2) is 13.7. The molecular formula is C28H27Cl2F5N8O3. The van der Waals surface area contributed by atoms with Crippen molar-refractivity contribution in [3.63, 3.8) is 0 Å². The first-order valence-electron chi connectivity index (χ1n) is 14.0. The zero-order chi connectivity index (χ0) is 33.2. The number of halogens is 7. The maximum absolute atomic E-state index is 13.2. The van der Waals surface area contributed by atoms with Crippen LogP contribution >= 0.6 is 23.2 Å². The number of H-pyrrole nitrogens is 1. The van der Waals surface area contributed by atoms with Crippen molar-refractivity contribution >= 4 is 57.8 Å². The zero-order valence-electron chi connectivity index (χ0n) is 24.0. The first-order valence-corrected chi connectivity index (χ1v) is 14.7. The molecule has 1 saturated carbocycles. The predicted molar refractivity (Wildman–Crippen MR) is 159 cm³/mol. The lowest BCUT2D eigenvalue weighted by Gasteiger charge is -2.30. The van der Waals surface area contributed by atoms with Crippen LogP contribution in [-0.4, -0.2) is 61.6 Å². The van der Waals surface area contributed by atoms with Gasteiger partial charge in [0.05, 0.1) is 27.2 Å². The highest BCUT2D eigenvalue weighted by molar-refractivity contribution is 6.39. The van der Waals surface area contributed by atoms with E-state index in [1.54, 1.807) is 29.9 Å². The van der Waals surface area contributed by atoms with Crippen LogP contribution < -0.4 is 20.7 Å². The summed E-state index contributed by atoms with van der Waals surface area (Å²) in [7, 11) is 1.68. The lowest BCUT2D eigenvalue weighted by Crippen LogP contribution is -2.40. The number of pyridine rings is 1. The van der Waals surface area contributed by atoms with Crippen molar-refractivity contribution in [2.45, 2.75) is 50.9 Å². The number of fused-ring (bicyclic) bond motifs is 1. The Morgan fingerprint density at radius 3 is 2.52 bits per heavy atom. The minimum Gasteiger partial charge on any atom is -0.471 e. The summed E-state index contributed by atoms with van der Waals surface area (Å²) >= 11 is 13.0. The monoisotopic (exact) mass is 688 g/mol. The molecule has 18 heteroatoms. The van der Waals surface area contributed by atoms with Crippen LogP contribution in [0.25, 0.3) is 11.2 Å². The lowest BCUT2D eigenvalue weighted by molar-refractivity contribution is -0.182. The molecule has 4 N–H and O–H groups in total. The average molecular weight is 689 g/mol. The highest BCUT2D eigenvalue weighted by Crippen LogP contribution is 2.38. The standard InChI is InChI=1S/C28H27Cl2F5N8O3/c1-43-9-8-36-23(43)25(45)37-11-13-2-7-17(29)21(20(13)30)40-27-39-18-10-16(26(41-22(18)42-27)46-12-19(31)32)24(44)38-15-5-3-14(4-6-15)28(33,34)35/h2,7-10,14-15,19H,3-6,11-12H2,1H3,(H,37,45)(H,38,44)(H2,39,40,41,42). The Labute approximate surface area is 268 Å². The molecule has 2 amide bonds. The number of aryl methyl sites for hydroxylation is 1. The van der Waals surface area contributed by atoms with Crippen molar-refractivity contribution in [3.05, 3.63) is 57.6 Å². The van der Waals surface area contributed by atoms with E-state index in [0.717, 1.165) is 0 Å². The molecule has 0 atom stereocenters. The van der Waals surface area contributed by atoms with Crippen molar-refractivity contribution in [3.8, 4) is 5.88 Å². The molecule has 5 rings (SSSR count). The number of ether oxygens (including phenoxy) is 1. The number of alkyl halides is 5. The van der Waals surface area contributed by atoms with Gasteiger partial charge in [0.25, 0.3) is 18.2 Å². The first-order chi connectivity index (χ1) is 21.8. The number of nitrogens with one attached hydrogen (secondary N) is 4. The van der Waals surface area contributed by atoms with Gasteiger partial charge in [-0.25, -0.2) is 13.8 Å².